The average Bonchev–Trinajstić information content (AvgIpc) is 2.72. The van der Waals surface area contributed by atoms with Crippen LogP contribution in [-0.2, 0) is 9.59 Å². The summed E-state index contributed by atoms with van der Waals surface area (Å²) in [5.41, 5.74) is 1.92. The number of anilines is 1. The molecule has 5 heteroatoms. The minimum atomic E-state index is -0.152. The zero-order valence-electron chi connectivity index (χ0n) is 16.9. The van der Waals surface area contributed by atoms with Gasteiger partial charge in [0.2, 0.25) is 5.91 Å². The van der Waals surface area contributed by atoms with E-state index < -0.39 is 0 Å². The first-order valence-corrected chi connectivity index (χ1v) is 10.3. The maximum atomic E-state index is 12.1. The zero-order chi connectivity index (χ0) is 20.5. The number of pyridine rings is 1. The summed E-state index contributed by atoms with van der Waals surface area (Å²) in [5, 5.41) is 2.67. The van der Waals surface area contributed by atoms with Crippen molar-refractivity contribution in [2.24, 2.45) is 5.92 Å². The predicted octanol–water partition coefficient (Wildman–Crippen LogP) is 5.48. The van der Waals surface area contributed by atoms with E-state index in [1.165, 1.54) is 39.0 Å². The molecular weight excluding hydrogens is 364 g/mol. The maximum Gasteiger partial charge on any atom is 0.311 e. The Kier molecular flexibility index (Phi) is 7.56. The summed E-state index contributed by atoms with van der Waals surface area (Å²) in [6.45, 7) is 1.45. The zero-order valence-corrected chi connectivity index (χ0v) is 16.9. The van der Waals surface area contributed by atoms with E-state index in [2.05, 4.69) is 10.3 Å². The van der Waals surface area contributed by atoms with Crippen molar-refractivity contribution in [3.63, 3.8) is 0 Å². The SMILES string of the molecule is CC(=O)Nc1cc(/C=C/c2ccc(OC(=O)CCC3CCCCC3)cc2)ccn1. The number of carbonyl (C=O) groups excluding carboxylic acids is 2. The van der Waals surface area contributed by atoms with E-state index in [-0.39, 0.29) is 11.9 Å². The van der Waals surface area contributed by atoms with Gasteiger partial charge in [-0.2, -0.15) is 0 Å². The third-order valence-electron chi connectivity index (χ3n) is 5.15. The molecule has 1 saturated carbocycles. The first-order chi connectivity index (χ1) is 14.1. The van der Waals surface area contributed by atoms with Gasteiger partial charge in [0, 0.05) is 19.5 Å². The van der Waals surface area contributed by atoms with Crippen molar-refractivity contribution in [3.05, 3.63) is 53.7 Å². The number of rotatable bonds is 7. The van der Waals surface area contributed by atoms with Crippen LogP contribution in [0.1, 0.15) is 63.0 Å². The summed E-state index contributed by atoms with van der Waals surface area (Å²) in [7, 11) is 0. The molecule has 29 heavy (non-hydrogen) atoms. The number of hydrogen-bond acceptors (Lipinski definition) is 4. The molecule has 1 aliphatic rings. The lowest BCUT2D eigenvalue weighted by Gasteiger charge is -2.20. The average molecular weight is 392 g/mol. The summed E-state index contributed by atoms with van der Waals surface area (Å²) >= 11 is 0. The molecule has 0 aliphatic heterocycles. The van der Waals surface area contributed by atoms with Crippen molar-refractivity contribution in [2.45, 2.75) is 51.9 Å². The van der Waals surface area contributed by atoms with Crippen molar-refractivity contribution < 1.29 is 14.3 Å². The number of hydrogen-bond donors (Lipinski definition) is 1. The van der Waals surface area contributed by atoms with Crippen molar-refractivity contribution in [3.8, 4) is 5.75 Å². The Hall–Kier alpha value is -2.95. The van der Waals surface area contributed by atoms with E-state index in [0.717, 1.165) is 17.5 Å². The van der Waals surface area contributed by atoms with Gasteiger partial charge in [-0.05, 0) is 47.7 Å². The van der Waals surface area contributed by atoms with Crippen LogP contribution < -0.4 is 10.1 Å². The first-order valence-electron chi connectivity index (χ1n) is 10.3. The molecule has 0 saturated heterocycles. The number of carbonyl (C=O) groups is 2. The fraction of sp³-hybridized carbons (Fsp3) is 0.375. The van der Waals surface area contributed by atoms with Crippen molar-refractivity contribution in [1.82, 2.24) is 4.98 Å². The van der Waals surface area contributed by atoms with Crippen LogP contribution in [0.25, 0.3) is 12.2 Å². The molecule has 1 fully saturated rings. The molecule has 5 nitrogen and oxygen atoms in total. The largest absolute Gasteiger partial charge is 0.427 e. The minimum Gasteiger partial charge on any atom is -0.427 e. The Bertz CT molecular complexity index is 853. The number of aromatic nitrogens is 1. The Balaban J connectivity index is 1.50. The molecular formula is C24H28N2O3. The van der Waals surface area contributed by atoms with E-state index in [1.807, 2.05) is 42.5 Å². The van der Waals surface area contributed by atoms with Crippen molar-refractivity contribution in [2.75, 3.05) is 5.32 Å². The standard InChI is InChI=1S/C24H28N2O3/c1-18(27)26-23-17-21(15-16-25-23)8-7-20-9-12-22(13-10-20)29-24(28)14-11-19-5-3-2-4-6-19/h7-10,12-13,15-17,19H,2-6,11,14H2,1H3,(H,25,26,27)/b8-7+. The molecule has 1 amide bonds. The lowest BCUT2D eigenvalue weighted by atomic mass is 9.86. The second-order valence-corrected chi connectivity index (χ2v) is 7.57. The highest BCUT2D eigenvalue weighted by Crippen LogP contribution is 2.27. The topological polar surface area (TPSA) is 68.3 Å². The molecule has 1 aromatic heterocycles. The van der Waals surface area contributed by atoms with Gasteiger partial charge in [-0.3, -0.25) is 9.59 Å². The molecule has 1 aromatic carbocycles. The van der Waals surface area contributed by atoms with E-state index in [9.17, 15) is 9.59 Å². The third-order valence-corrected chi connectivity index (χ3v) is 5.15. The van der Waals surface area contributed by atoms with E-state index >= 15 is 0 Å². The van der Waals surface area contributed by atoms with Crippen LogP contribution in [0.4, 0.5) is 5.82 Å². The number of nitrogens with zero attached hydrogens (tertiary/aromatic N) is 1. The molecule has 152 valence electrons. The monoisotopic (exact) mass is 392 g/mol. The quantitative estimate of drug-likeness (QED) is 0.501. The predicted molar refractivity (Wildman–Crippen MR) is 115 cm³/mol. The van der Waals surface area contributed by atoms with Gasteiger partial charge >= 0.3 is 5.97 Å². The van der Waals surface area contributed by atoms with Crippen molar-refractivity contribution >= 4 is 29.8 Å². The molecule has 0 radical (unpaired) electrons. The van der Waals surface area contributed by atoms with Crippen LogP contribution in [0.15, 0.2) is 42.6 Å². The summed E-state index contributed by atoms with van der Waals surface area (Å²) in [4.78, 5) is 27.3. The van der Waals surface area contributed by atoms with Crippen LogP contribution in [0.3, 0.4) is 0 Å². The van der Waals surface area contributed by atoms with E-state index in [4.69, 9.17) is 4.74 Å². The molecule has 1 N–H and O–H groups in total. The second kappa shape index (κ2) is 10.6. The fourth-order valence-corrected chi connectivity index (χ4v) is 3.62. The lowest BCUT2D eigenvalue weighted by Crippen LogP contribution is -2.12. The first kappa shape index (κ1) is 20.8. The van der Waals surface area contributed by atoms with Gasteiger partial charge in [-0.1, -0.05) is 56.4 Å². The number of nitrogens with one attached hydrogen (secondary N) is 1. The maximum absolute atomic E-state index is 12.1. The summed E-state index contributed by atoms with van der Waals surface area (Å²) in [5.74, 6) is 1.48. The molecule has 0 atom stereocenters. The third kappa shape index (κ3) is 7.18. The Labute approximate surface area is 172 Å². The van der Waals surface area contributed by atoms with Crippen LogP contribution in [0.5, 0.6) is 5.75 Å². The van der Waals surface area contributed by atoms with Crippen LogP contribution >= 0.6 is 0 Å². The van der Waals surface area contributed by atoms with Crippen LogP contribution in [0, 0.1) is 5.92 Å². The number of ether oxygens (including phenoxy) is 1. The fourth-order valence-electron chi connectivity index (χ4n) is 3.62. The summed E-state index contributed by atoms with van der Waals surface area (Å²) in [6.07, 6.45) is 13.4. The lowest BCUT2D eigenvalue weighted by molar-refractivity contribution is -0.134. The highest BCUT2D eigenvalue weighted by molar-refractivity contribution is 5.88. The van der Waals surface area contributed by atoms with Gasteiger partial charge in [0.25, 0.3) is 0 Å². The number of esters is 1. The molecule has 0 unspecified atom stereocenters. The molecule has 0 bridgehead atoms. The highest BCUT2D eigenvalue weighted by Gasteiger charge is 2.15. The molecule has 2 aromatic rings. The van der Waals surface area contributed by atoms with Gasteiger partial charge in [0.15, 0.2) is 0 Å². The van der Waals surface area contributed by atoms with Gasteiger partial charge < -0.3 is 10.1 Å². The van der Waals surface area contributed by atoms with Gasteiger partial charge in [-0.25, -0.2) is 4.98 Å². The second-order valence-electron chi connectivity index (χ2n) is 7.57. The normalized spacial score (nSPS) is 14.7. The minimum absolute atomic E-state index is 0.150. The molecule has 0 spiro atoms. The Morgan fingerprint density at radius 1 is 1.07 bits per heavy atom. The number of benzene rings is 1. The molecule has 3 rings (SSSR count). The van der Waals surface area contributed by atoms with Gasteiger partial charge in [0.05, 0.1) is 0 Å². The van der Waals surface area contributed by atoms with Crippen LogP contribution in [0.2, 0.25) is 0 Å². The Morgan fingerprint density at radius 3 is 2.52 bits per heavy atom. The van der Waals surface area contributed by atoms with Crippen molar-refractivity contribution in [1.29, 1.82) is 0 Å². The van der Waals surface area contributed by atoms with E-state index in [1.54, 1.807) is 12.3 Å². The highest BCUT2D eigenvalue weighted by atomic mass is 16.5. The number of amides is 1. The molecule has 1 heterocycles. The van der Waals surface area contributed by atoms with E-state index in [0.29, 0.717) is 23.9 Å². The van der Waals surface area contributed by atoms with Crippen LogP contribution in [-0.4, -0.2) is 16.9 Å². The summed E-state index contributed by atoms with van der Waals surface area (Å²) in [6, 6.07) is 11.1. The van der Waals surface area contributed by atoms with Gasteiger partial charge in [0.1, 0.15) is 11.6 Å². The smallest absolute Gasteiger partial charge is 0.311 e. The van der Waals surface area contributed by atoms with Gasteiger partial charge in [-0.15, -0.1) is 0 Å². The Morgan fingerprint density at radius 2 is 1.79 bits per heavy atom. The molecule has 1 aliphatic carbocycles. The summed E-state index contributed by atoms with van der Waals surface area (Å²) < 4.78 is 5.46.